The van der Waals surface area contributed by atoms with Crippen LogP contribution in [0.4, 0.5) is 10.1 Å². The molecule has 0 spiro atoms. The maximum atomic E-state index is 13.0. The van der Waals surface area contributed by atoms with Gasteiger partial charge >= 0.3 is 5.97 Å². The Hall–Kier alpha value is -2.15. The molecule has 1 atom stereocenters. The molecule has 0 heterocycles. The first-order chi connectivity index (χ1) is 8.95. The van der Waals surface area contributed by atoms with Crippen molar-refractivity contribution in [3.05, 3.63) is 29.6 Å². The summed E-state index contributed by atoms with van der Waals surface area (Å²) in [6, 6.07) is 2.39. The van der Waals surface area contributed by atoms with E-state index in [0.29, 0.717) is 0 Å². The van der Waals surface area contributed by atoms with Crippen molar-refractivity contribution in [1.29, 1.82) is 0 Å². The van der Waals surface area contributed by atoms with Crippen molar-refractivity contribution in [1.82, 2.24) is 0 Å². The van der Waals surface area contributed by atoms with Gasteiger partial charge in [0.1, 0.15) is 11.9 Å². The monoisotopic (exact) mass is 270 g/mol. The summed E-state index contributed by atoms with van der Waals surface area (Å²) in [7, 11) is 1.45. The number of ether oxygens (including phenoxy) is 1. The molecule has 0 radical (unpaired) electrons. The fourth-order valence-electron chi connectivity index (χ4n) is 1.53. The molecule has 7 heteroatoms. The van der Waals surface area contributed by atoms with Crippen LogP contribution in [-0.4, -0.2) is 36.7 Å². The van der Waals surface area contributed by atoms with Crippen LogP contribution in [0.1, 0.15) is 16.8 Å². The molecule has 1 unspecified atom stereocenters. The Kier molecular flexibility index (Phi) is 5.25. The highest BCUT2D eigenvalue weighted by Gasteiger charge is 2.19. The van der Waals surface area contributed by atoms with Crippen molar-refractivity contribution in [2.24, 2.45) is 5.73 Å². The second-order valence-corrected chi connectivity index (χ2v) is 3.87. The maximum absolute atomic E-state index is 13.0. The van der Waals surface area contributed by atoms with Gasteiger partial charge in [-0.05, 0) is 18.2 Å². The first-order valence-corrected chi connectivity index (χ1v) is 5.53. The van der Waals surface area contributed by atoms with Crippen LogP contribution in [0.2, 0.25) is 0 Å². The van der Waals surface area contributed by atoms with E-state index >= 15 is 0 Å². The molecule has 0 fully saturated rings. The standard InChI is InChI=1S/C12H15FN2O4/c1-19-5-4-10(12(17)18)15-9-3-2-7(13)6-8(9)11(14)16/h2-3,6,10,15H,4-5H2,1H3,(H2,14,16)(H,17,18). The topological polar surface area (TPSA) is 102 Å². The summed E-state index contributed by atoms with van der Waals surface area (Å²) in [6.07, 6.45) is 0.196. The first-order valence-electron chi connectivity index (χ1n) is 5.53. The number of carboxylic acid groups (broad SMARTS) is 1. The summed E-state index contributed by atoms with van der Waals surface area (Å²) >= 11 is 0. The highest BCUT2D eigenvalue weighted by Crippen LogP contribution is 2.18. The number of halogens is 1. The summed E-state index contributed by atoms with van der Waals surface area (Å²) in [5.74, 6) is -2.56. The minimum absolute atomic E-state index is 0.0938. The minimum Gasteiger partial charge on any atom is -0.480 e. The highest BCUT2D eigenvalue weighted by atomic mass is 19.1. The summed E-state index contributed by atoms with van der Waals surface area (Å²) in [6.45, 7) is 0.233. The van der Waals surface area contributed by atoms with Crippen LogP contribution in [0.25, 0.3) is 0 Å². The van der Waals surface area contributed by atoms with Gasteiger partial charge in [0, 0.05) is 25.8 Å². The number of nitrogens with two attached hydrogens (primary N) is 1. The van der Waals surface area contributed by atoms with E-state index < -0.39 is 23.7 Å². The fraction of sp³-hybridized carbons (Fsp3) is 0.333. The van der Waals surface area contributed by atoms with Gasteiger partial charge in [-0.3, -0.25) is 4.79 Å². The van der Waals surface area contributed by atoms with Gasteiger partial charge in [-0.15, -0.1) is 0 Å². The van der Waals surface area contributed by atoms with Gasteiger partial charge in [0.2, 0.25) is 0 Å². The van der Waals surface area contributed by atoms with Crippen LogP contribution in [0.15, 0.2) is 18.2 Å². The summed E-state index contributed by atoms with van der Waals surface area (Å²) in [4.78, 5) is 22.2. The minimum atomic E-state index is -1.10. The van der Waals surface area contributed by atoms with Crippen molar-refractivity contribution >= 4 is 17.6 Å². The van der Waals surface area contributed by atoms with E-state index in [1.54, 1.807) is 0 Å². The van der Waals surface area contributed by atoms with E-state index in [0.717, 1.165) is 12.1 Å². The van der Waals surface area contributed by atoms with E-state index in [2.05, 4.69) is 5.32 Å². The normalized spacial score (nSPS) is 11.9. The van der Waals surface area contributed by atoms with Gasteiger partial charge in [-0.2, -0.15) is 0 Å². The number of nitrogens with one attached hydrogen (secondary N) is 1. The number of benzene rings is 1. The molecule has 6 nitrogen and oxygen atoms in total. The maximum Gasteiger partial charge on any atom is 0.326 e. The van der Waals surface area contributed by atoms with Crippen LogP contribution in [0.5, 0.6) is 0 Å². The third-order valence-corrected chi connectivity index (χ3v) is 2.49. The van der Waals surface area contributed by atoms with Gasteiger partial charge in [0.15, 0.2) is 0 Å². The molecule has 19 heavy (non-hydrogen) atoms. The van der Waals surface area contributed by atoms with Crippen LogP contribution >= 0.6 is 0 Å². The smallest absolute Gasteiger partial charge is 0.326 e. The number of anilines is 1. The molecule has 0 aliphatic rings. The third-order valence-electron chi connectivity index (χ3n) is 2.49. The fourth-order valence-corrected chi connectivity index (χ4v) is 1.53. The zero-order valence-corrected chi connectivity index (χ0v) is 10.4. The second-order valence-electron chi connectivity index (χ2n) is 3.87. The molecule has 0 aromatic heterocycles. The van der Waals surface area contributed by atoms with Crippen LogP contribution < -0.4 is 11.1 Å². The Balaban J connectivity index is 2.95. The van der Waals surface area contributed by atoms with Gasteiger partial charge in [0.05, 0.1) is 5.56 Å². The van der Waals surface area contributed by atoms with E-state index in [-0.39, 0.29) is 24.3 Å². The van der Waals surface area contributed by atoms with Crippen molar-refractivity contribution < 1.29 is 23.8 Å². The van der Waals surface area contributed by atoms with E-state index in [4.69, 9.17) is 15.6 Å². The number of hydrogen-bond acceptors (Lipinski definition) is 4. The average Bonchev–Trinajstić information content (AvgIpc) is 2.35. The quantitative estimate of drug-likeness (QED) is 0.681. The van der Waals surface area contributed by atoms with Crippen molar-refractivity contribution in [3.8, 4) is 0 Å². The first kappa shape index (κ1) is 14.9. The molecule has 1 rings (SSSR count). The average molecular weight is 270 g/mol. The number of aliphatic carboxylic acids is 1. The number of carbonyl (C=O) groups is 2. The van der Waals surface area contributed by atoms with E-state index in [9.17, 15) is 14.0 Å². The highest BCUT2D eigenvalue weighted by molar-refractivity contribution is 5.99. The Morgan fingerprint density at radius 1 is 1.53 bits per heavy atom. The zero-order valence-electron chi connectivity index (χ0n) is 10.4. The predicted octanol–water partition coefficient (Wildman–Crippen LogP) is 0.826. The largest absolute Gasteiger partial charge is 0.480 e. The Morgan fingerprint density at radius 2 is 2.21 bits per heavy atom. The molecular formula is C12H15FN2O4. The lowest BCUT2D eigenvalue weighted by Gasteiger charge is -2.17. The molecular weight excluding hydrogens is 255 g/mol. The number of hydrogen-bond donors (Lipinski definition) is 3. The summed E-state index contributed by atoms with van der Waals surface area (Å²) in [5, 5.41) is 11.7. The van der Waals surface area contributed by atoms with Gasteiger partial charge in [-0.1, -0.05) is 0 Å². The van der Waals surface area contributed by atoms with E-state index in [1.165, 1.54) is 13.2 Å². The second kappa shape index (κ2) is 6.69. The number of carbonyl (C=O) groups excluding carboxylic acids is 1. The third kappa shape index (κ3) is 4.22. The lowest BCUT2D eigenvalue weighted by Crippen LogP contribution is -2.31. The van der Waals surface area contributed by atoms with Crippen LogP contribution in [0.3, 0.4) is 0 Å². The molecule has 104 valence electrons. The Labute approximate surface area is 109 Å². The van der Waals surface area contributed by atoms with Crippen molar-refractivity contribution in [3.63, 3.8) is 0 Å². The van der Waals surface area contributed by atoms with Crippen molar-refractivity contribution in [2.45, 2.75) is 12.5 Å². The zero-order chi connectivity index (χ0) is 14.4. The number of rotatable bonds is 7. The molecule has 0 aliphatic heterocycles. The summed E-state index contributed by atoms with van der Waals surface area (Å²) < 4.78 is 17.8. The molecule has 0 bridgehead atoms. The number of amides is 1. The van der Waals surface area contributed by atoms with Gasteiger partial charge in [-0.25, -0.2) is 9.18 Å². The summed E-state index contributed by atoms with van der Waals surface area (Å²) in [5.41, 5.74) is 5.20. The molecule has 4 N–H and O–H groups in total. The molecule has 1 aromatic carbocycles. The number of primary amides is 1. The Morgan fingerprint density at radius 3 is 2.74 bits per heavy atom. The molecule has 0 saturated carbocycles. The van der Waals surface area contributed by atoms with Crippen molar-refractivity contribution in [2.75, 3.05) is 19.0 Å². The predicted molar refractivity (Wildman–Crippen MR) is 66.5 cm³/mol. The SMILES string of the molecule is COCCC(Nc1ccc(F)cc1C(N)=O)C(=O)O. The van der Waals surface area contributed by atoms with Gasteiger partial charge < -0.3 is 20.9 Å². The van der Waals surface area contributed by atoms with Crippen LogP contribution in [0, 0.1) is 5.82 Å². The number of carboxylic acids is 1. The lowest BCUT2D eigenvalue weighted by atomic mass is 10.1. The Bertz CT molecular complexity index is 479. The molecule has 0 saturated heterocycles. The molecule has 1 aromatic rings. The molecule has 0 aliphatic carbocycles. The molecule has 1 amide bonds. The van der Waals surface area contributed by atoms with E-state index in [1.807, 2.05) is 0 Å². The lowest BCUT2D eigenvalue weighted by molar-refractivity contribution is -0.138. The van der Waals surface area contributed by atoms with Gasteiger partial charge in [0.25, 0.3) is 5.91 Å². The number of methoxy groups -OCH3 is 1. The van der Waals surface area contributed by atoms with Crippen LogP contribution in [-0.2, 0) is 9.53 Å².